The van der Waals surface area contributed by atoms with Gasteiger partial charge in [0.05, 0.1) is 12.2 Å². The highest BCUT2D eigenvalue weighted by molar-refractivity contribution is 7.81. The second kappa shape index (κ2) is 15.3. The first kappa shape index (κ1) is 22.7. The van der Waals surface area contributed by atoms with Crippen LogP contribution in [0.4, 0.5) is 0 Å². The summed E-state index contributed by atoms with van der Waals surface area (Å²) in [7, 11) is 0. The van der Waals surface area contributed by atoms with Gasteiger partial charge in [0.2, 0.25) is 0 Å². The van der Waals surface area contributed by atoms with E-state index < -0.39 is 18.2 Å². The van der Waals surface area contributed by atoms with Crippen LogP contribution in [-0.4, -0.2) is 38.7 Å². The van der Waals surface area contributed by atoms with Gasteiger partial charge < -0.3 is 15.3 Å². The molecule has 3 unspecified atom stereocenters. The van der Waals surface area contributed by atoms with Crippen LogP contribution in [0.5, 0.6) is 0 Å². The van der Waals surface area contributed by atoms with E-state index in [0.717, 1.165) is 32.1 Å². The van der Waals surface area contributed by atoms with Crippen molar-refractivity contribution in [1.29, 1.82) is 0 Å². The molecule has 0 aliphatic heterocycles. The summed E-state index contributed by atoms with van der Waals surface area (Å²) in [6, 6.07) is 0. The van der Waals surface area contributed by atoms with E-state index in [1.54, 1.807) is 0 Å². The molecule has 0 aliphatic rings. The van der Waals surface area contributed by atoms with Crippen LogP contribution in [0, 0.1) is 0 Å². The zero-order valence-electron chi connectivity index (χ0n) is 14.6. The Hall–Kier alpha value is -0.260. The Morgan fingerprint density at radius 1 is 0.870 bits per heavy atom. The van der Waals surface area contributed by atoms with Crippen LogP contribution >= 0.6 is 12.6 Å². The summed E-state index contributed by atoms with van der Waals surface area (Å²) in [5.41, 5.74) is 0. The fraction of sp³-hybridized carbons (Fsp3) is 0.944. The number of aliphatic hydroxyl groups is 2. The molecular weight excluding hydrogens is 312 g/mol. The van der Waals surface area contributed by atoms with E-state index in [9.17, 15) is 15.0 Å². The van der Waals surface area contributed by atoms with E-state index in [4.69, 9.17) is 5.11 Å². The molecule has 0 aromatic rings. The Balaban J connectivity index is 3.61. The molecule has 0 rings (SSSR count). The normalized spacial score (nSPS) is 15.3. The molecule has 0 radical (unpaired) electrons. The Bertz CT molecular complexity index is 286. The lowest BCUT2D eigenvalue weighted by molar-refractivity contribution is -0.137. The van der Waals surface area contributed by atoms with Gasteiger partial charge in [0, 0.05) is 11.7 Å². The van der Waals surface area contributed by atoms with Crippen LogP contribution in [0.25, 0.3) is 0 Å². The standard InChI is InChI=1S/C18H36O4S/c1-2-3-4-5-6-10-13-16(23)18(22)15(19)12-9-7-8-11-14-17(20)21/h15-16,18-19,22-23H,2-14H2,1H3,(H,20,21). The van der Waals surface area contributed by atoms with Gasteiger partial charge in [0.1, 0.15) is 0 Å². The van der Waals surface area contributed by atoms with E-state index in [2.05, 4.69) is 19.6 Å². The monoisotopic (exact) mass is 348 g/mol. The van der Waals surface area contributed by atoms with Crippen molar-refractivity contribution >= 4 is 18.6 Å². The van der Waals surface area contributed by atoms with Crippen molar-refractivity contribution in [3.05, 3.63) is 0 Å². The number of aliphatic carboxylic acids is 1. The van der Waals surface area contributed by atoms with E-state index in [0.29, 0.717) is 12.8 Å². The maximum Gasteiger partial charge on any atom is 0.303 e. The SMILES string of the molecule is CCCCCCCCC(S)C(O)C(O)CCCCCCC(=O)O. The van der Waals surface area contributed by atoms with Gasteiger partial charge in [-0.3, -0.25) is 4.79 Å². The van der Waals surface area contributed by atoms with E-state index >= 15 is 0 Å². The first-order valence-corrected chi connectivity index (χ1v) is 9.76. The molecule has 0 spiro atoms. The van der Waals surface area contributed by atoms with Crippen LogP contribution < -0.4 is 0 Å². The summed E-state index contributed by atoms with van der Waals surface area (Å²) < 4.78 is 0. The minimum atomic E-state index is -0.770. The maximum absolute atomic E-state index is 10.4. The summed E-state index contributed by atoms with van der Waals surface area (Å²) in [6.07, 6.45) is 10.6. The van der Waals surface area contributed by atoms with Crippen LogP contribution in [0.1, 0.15) is 90.4 Å². The molecule has 3 atom stereocenters. The Labute approximate surface area is 147 Å². The molecule has 0 amide bonds. The van der Waals surface area contributed by atoms with Crippen LogP contribution in [0.3, 0.4) is 0 Å². The van der Waals surface area contributed by atoms with E-state index in [-0.39, 0.29) is 11.7 Å². The summed E-state index contributed by atoms with van der Waals surface area (Å²) >= 11 is 4.43. The minimum absolute atomic E-state index is 0.164. The second-order valence-electron chi connectivity index (χ2n) is 6.53. The Morgan fingerprint density at radius 2 is 1.39 bits per heavy atom. The zero-order chi connectivity index (χ0) is 17.5. The number of aliphatic hydroxyl groups excluding tert-OH is 2. The third kappa shape index (κ3) is 13.8. The molecule has 138 valence electrons. The van der Waals surface area contributed by atoms with Gasteiger partial charge in [-0.15, -0.1) is 0 Å². The number of carboxylic acid groups (broad SMARTS) is 1. The van der Waals surface area contributed by atoms with Crippen molar-refractivity contribution in [3.8, 4) is 0 Å². The van der Waals surface area contributed by atoms with Gasteiger partial charge in [-0.2, -0.15) is 12.6 Å². The number of carboxylic acids is 1. The highest BCUT2D eigenvalue weighted by atomic mass is 32.1. The zero-order valence-corrected chi connectivity index (χ0v) is 15.5. The fourth-order valence-corrected chi connectivity index (χ4v) is 3.10. The number of unbranched alkanes of at least 4 members (excludes halogenated alkanes) is 8. The quantitative estimate of drug-likeness (QED) is 0.249. The van der Waals surface area contributed by atoms with Gasteiger partial charge in [-0.05, 0) is 19.3 Å². The lowest BCUT2D eigenvalue weighted by atomic mass is 9.99. The van der Waals surface area contributed by atoms with Crippen molar-refractivity contribution in [3.63, 3.8) is 0 Å². The summed E-state index contributed by atoms with van der Waals surface area (Å²) in [5.74, 6) is -0.756. The highest BCUT2D eigenvalue weighted by Gasteiger charge is 2.22. The molecule has 0 saturated heterocycles. The van der Waals surface area contributed by atoms with Crippen molar-refractivity contribution in [2.24, 2.45) is 0 Å². The fourth-order valence-electron chi connectivity index (χ4n) is 2.72. The molecule has 0 fully saturated rings. The molecule has 0 bridgehead atoms. The molecule has 0 saturated carbocycles. The number of hydrogen-bond acceptors (Lipinski definition) is 4. The van der Waals surface area contributed by atoms with Gasteiger partial charge in [0.15, 0.2) is 0 Å². The molecule has 3 N–H and O–H groups in total. The van der Waals surface area contributed by atoms with Gasteiger partial charge >= 0.3 is 5.97 Å². The average Bonchev–Trinajstić information content (AvgIpc) is 2.52. The molecule has 0 aromatic heterocycles. The summed E-state index contributed by atoms with van der Waals surface area (Å²) in [4.78, 5) is 10.4. The smallest absolute Gasteiger partial charge is 0.303 e. The minimum Gasteiger partial charge on any atom is -0.481 e. The van der Waals surface area contributed by atoms with E-state index in [1.165, 1.54) is 32.1 Å². The Morgan fingerprint density at radius 3 is 2.00 bits per heavy atom. The third-order valence-corrected chi connectivity index (χ3v) is 4.85. The molecule has 0 aromatic carbocycles. The van der Waals surface area contributed by atoms with Crippen molar-refractivity contribution in [1.82, 2.24) is 0 Å². The Kier molecular flexibility index (Phi) is 15.1. The molecule has 0 aliphatic carbocycles. The lowest BCUT2D eigenvalue weighted by Crippen LogP contribution is -2.34. The molecule has 23 heavy (non-hydrogen) atoms. The van der Waals surface area contributed by atoms with Gasteiger partial charge in [0.25, 0.3) is 0 Å². The van der Waals surface area contributed by atoms with Gasteiger partial charge in [-0.1, -0.05) is 64.7 Å². The van der Waals surface area contributed by atoms with Crippen molar-refractivity contribution < 1.29 is 20.1 Å². The number of hydrogen-bond donors (Lipinski definition) is 4. The number of thiol groups is 1. The highest BCUT2D eigenvalue weighted by Crippen LogP contribution is 2.19. The molecule has 0 heterocycles. The largest absolute Gasteiger partial charge is 0.481 e. The number of rotatable bonds is 16. The topological polar surface area (TPSA) is 77.8 Å². The number of carbonyl (C=O) groups is 1. The predicted octanol–water partition coefficient (Wildman–Crippen LogP) is 4.18. The summed E-state index contributed by atoms with van der Waals surface area (Å²) in [6.45, 7) is 2.20. The lowest BCUT2D eigenvalue weighted by Gasteiger charge is -2.23. The van der Waals surface area contributed by atoms with Crippen molar-refractivity contribution in [2.45, 2.75) is 108 Å². The first-order chi connectivity index (χ1) is 11.0. The third-order valence-electron chi connectivity index (χ3n) is 4.28. The second-order valence-corrected chi connectivity index (χ2v) is 7.19. The van der Waals surface area contributed by atoms with Gasteiger partial charge in [-0.25, -0.2) is 0 Å². The first-order valence-electron chi connectivity index (χ1n) is 9.25. The van der Waals surface area contributed by atoms with Crippen LogP contribution in [0.2, 0.25) is 0 Å². The van der Waals surface area contributed by atoms with Crippen molar-refractivity contribution in [2.75, 3.05) is 0 Å². The van der Waals surface area contributed by atoms with E-state index in [1.807, 2.05) is 0 Å². The summed E-state index contributed by atoms with van der Waals surface area (Å²) in [5, 5.41) is 28.5. The average molecular weight is 349 g/mol. The molecule has 5 heteroatoms. The molecular formula is C18H36O4S. The maximum atomic E-state index is 10.4. The predicted molar refractivity (Wildman–Crippen MR) is 98.1 cm³/mol. The van der Waals surface area contributed by atoms with Crippen LogP contribution in [0.15, 0.2) is 0 Å². The molecule has 4 nitrogen and oxygen atoms in total. The van der Waals surface area contributed by atoms with Crippen LogP contribution in [-0.2, 0) is 4.79 Å².